The first-order valence-corrected chi connectivity index (χ1v) is 7.95. The third-order valence-electron chi connectivity index (χ3n) is 4.93. The highest BCUT2D eigenvalue weighted by Gasteiger charge is 2.40. The molecule has 2 heteroatoms. The summed E-state index contributed by atoms with van der Waals surface area (Å²) in [5, 5.41) is 3.68. The summed E-state index contributed by atoms with van der Waals surface area (Å²) in [6.07, 6.45) is 4.91. The van der Waals surface area contributed by atoms with Crippen molar-refractivity contribution in [3.8, 4) is 0 Å². The van der Waals surface area contributed by atoms with Crippen LogP contribution in [0.5, 0.6) is 0 Å². The molecular formula is C18H28FN. The molecule has 0 amide bonds. The van der Waals surface area contributed by atoms with E-state index in [2.05, 4.69) is 33.0 Å². The number of halogens is 1. The first-order valence-electron chi connectivity index (χ1n) is 7.95. The zero-order chi connectivity index (χ0) is 14.8. The normalized spacial score (nSPS) is 22.9. The fourth-order valence-corrected chi connectivity index (χ4v) is 3.69. The number of benzene rings is 1. The van der Waals surface area contributed by atoms with Crippen molar-refractivity contribution in [2.75, 3.05) is 6.54 Å². The Labute approximate surface area is 123 Å². The summed E-state index contributed by atoms with van der Waals surface area (Å²) < 4.78 is 13.7. The van der Waals surface area contributed by atoms with Gasteiger partial charge >= 0.3 is 0 Å². The molecule has 1 N–H and O–H groups in total. The van der Waals surface area contributed by atoms with Crippen LogP contribution in [-0.4, -0.2) is 6.54 Å². The van der Waals surface area contributed by atoms with Gasteiger partial charge in [0.05, 0.1) is 0 Å². The molecule has 1 aliphatic rings. The summed E-state index contributed by atoms with van der Waals surface area (Å²) in [5.74, 6) is 0.472. The van der Waals surface area contributed by atoms with Crippen molar-refractivity contribution in [2.45, 2.75) is 59.4 Å². The van der Waals surface area contributed by atoms with Gasteiger partial charge in [0, 0.05) is 6.04 Å². The molecule has 0 aromatic heterocycles. The lowest BCUT2D eigenvalue weighted by molar-refractivity contribution is 0.197. The van der Waals surface area contributed by atoms with Gasteiger partial charge in [-0.15, -0.1) is 0 Å². The fraction of sp³-hybridized carbons (Fsp3) is 0.667. The SMILES string of the molecule is CCCNC(c1cc(F)ccc1C)C1CCCC1(C)C. The minimum Gasteiger partial charge on any atom is -0.310 e. The van der Waals surface area contributed by atoms with Gasteiger partial charge in [0.25, 0.3) is 0 Å². The summed E-state index contributed by atoms with van der Waals surface area (Å²) in [5.41, 5.74) is 2.69. The summed E-state index contributed by atoms with van der Waals surface area (Å²) in [4.78, 5) is 0. The topological polar surface area (TPSA) is 12.0 Å². The van der Waals surface area contributed by atoms with Crippen molar-refractivity contribution < 1.29 is 4.39 Å². The van der Waals surface area contributed by atoms with Gasteiger partial charge in [-0.25, -0.2) is 4.39 Å². The lowest BCUT2D eigenvalue weighted by Crippen LogP contribution is -2.35. The predicted molar refractivity (Wildman–Crippen MR) is 83.3 cm³/mol. The number of rotatable bonds is 5. The second-order valence-corrected chi connectivity index (χ2v) is 6.92. The molecule has 0 radical (unpaired) electrons. The van der Waals surface area contributed by atoms with E-state index in [9.17, 15) is 4.39 Å². The van der Waals surface area contributed by atoms with Crippen molar-refractivity contribution in [1.29, 1.82) is 0 Å². The summed E-state index contributed by atoms with van der Waals surface area (Å²) in [7, 11) is 0. The summed E-state index contributed by atoms with van der Waals surface area (Å²) in [6.45, 7) is 9.99. The zero-order valence-electron chi connectivity index (χ0n) is 13.3. The van der Waals surface area contributed by atoms with Crippen LogP contribution in [0.3, 0.4) is 0 Å². The van der Waals surface area contributed by atoms with Crippen molar-refractivity contribution in [2.24, 2.45) is 11.3 Å². The molecule has 2 unspecified atom stereocenters. The number of nitrogens with one attached hydrogen (secondary N) is 1. The van der Waals surface area contributed by atoms with Crippen LogP contribution >= 0.6 is 0 Å². The molecule has 112 valence electrons. The monoisotopic (exact) mass is 277 g/mol. The van der Waals surface area contributed by atoms with E-state index < -0.39 is 0 Å². The molecule has 1 fully saturated rings. The Morgan fingerprint density at radius 1 is 1.40 bits per heavy atom. The van der Waals surface area contributed by atoms with Crippen molar-refractivity contribution in [1.82, 2.24) is 5.32 Å². The van der Waals surface area contributed by atoms with Gasteiger partial charge in [-0.2, -0.15) is 0 Å². The number of hydrogen-bond donors (Lipinski definition) is 1. The maximum atomic E-state index is 13.7. The molecule has 2 rings (SSSR count). The smallest absolute Gasteiger partial charge is 0.123 e. The molecule has 1 aromatic rings. The maximum absolute atomic E-state index is 13.7. The average Bonchev–Trinajstić information content (AvgIpc) is 2.74. The highest BCUT2D eigenvalue weighted by Crippen LogP contribution is 2.49. The van der Waals surface area contributed by atoms with Crippen LogP contribution in [-0.2, 0) is 0 Å². The highest BCUT2D eigenvalue weighted by atomic mass is 19.1. The van der Waals surface area contributed by atoms with Gasteiger partial charge in [0.2, 0.25) is 0 Å². The van der Waals surface area contributed by atoms with E-state index in [0.29, 0.717) is 11.3 Å². The Morgan fingerprint density at radius 2 is 2.15 bits per heavy atom. The molecule has 1 aromatic carbocycles. The highest BCUT2D eigenvalue weighted by molar-refractivity contribution is 5.30. The van der Waals surface area contributed by atoms with E-state index in [0.717, 1.165) is 18.5 Å². The quantitative estimate of drug-likeness (QED) is 0.798. The minimum absolute atomic E-state index is 0.121. The van der Waals surface area contributed by atoms with Crippen LogP contribution in [0.15, 0.2) is 18.2 Å². The Balaban J connectivity index is 2.34. The van der Waals surface area contributed by atoms with Gasteiger partial charge in [-0.1, -0.05) is 33.3 Å². The van der Waals surface area contributed by atoms with Gasteiger partial charge in [-0.3, -0.25) is 0 Å². The molecule has 0 heterocycles. The van der Waals surface area contributed by atoms with Gasteiger partial charge in [0.15, 0.2) is 0 Å². The Hall–Kier alpha value is -0.890. The van der Waals surface area contributed by atoms with Crippen molar-refractivity contribution in [3.05, 3.63) is 35.1 Å². The van der Waals surface area contributed by atoms with Crippen LogP contribution in [0.1, 0.15) is 63.6 Å². The first-order chi connectivity index (χ1) is 9.45. The van der Waals surface area contributed by atoms with Crippen LogP contribution < -0.4 is 5.32 Å². The second-order valence-electron chi connectivity index (χ2n) is 6.92. The number of hydrogen-bond acceptors (Lipinski definition) is 1. The van der Waals surface area contributed by atoms with Crippen LogP contribution in [0.25, 0.3) is 0 Å². The van der Waals surface area contributed by atoms with Crippen molar-refractivity contribution in [3.63, 3.8) is 0 Å². The first kappa shape index (κ1) is 15.5. The maximum Gasteiger partial charge on any atom is 0.123 e. The Kier molecular flexibility index (Phi) is 4.85. The van der Waals surface area contributed by atoms with E-state index >= 15 is 0 Å². The zero-order valence-corrected chi connectivity index (χ0v) is 13.3. The standard InChI is InChI=1S/C18H28FN/c1-5-11-20-17(16-7-6-10-18(16,3)4)15-12-14(19)9-8-13(15)2/h8-9,12,16-17,20H,5-7,10-11H2,1-4H3. The molecule has 0 saturated heterocycles. The predicted octanol–water partition coefficient (Wildman–Crippen LogP) is 5.00. The third kappa shape index (κ3) is 3.22. The van der Waals surface area contributed by atoms with Crippen LogP contribution in [0.2, 0.25) is 0 Å². The lowest BCUT2D eigenvalue weighted by Gasteiger charge is -2.36. The second kappa shape index (κ2) is 6.26. The molecule has 0 bridgehead atoms. The third-order valence-corrected chi connectivity index (χ3v) is 4.93. The molecule has 1 saturated carbocycles. The summed E-state index contributed by atoms with van der Waals surface area (Å²) >= 11 is 0. The molecule has 0 spiro atoms. The Morgan fingerprint density at radius 3 is 2.75 bits per heavy atom. The fourth-order valence-electron chi connectivity index (χ4n) is 3.69. The Bertz CT molecular complexity index is 453. The lowest BCUT2D eigenvalue weighted by atomic mass is 9.74. The molecule has 20 heavy (non-hydrogen) atoms. The van der Waals surface area contributed by atoms with E-state index in [1.54, 1.807) is 12.1 Å². The molecular weight excluding hydrogens is 249 g/mol. The largest absolute Gasteiger partial charge is 0.310 e. The van der Waals surface area contributed by atoms with Crippen molar-refractivity contribution >= 4 is 0 Å². The van der Waals surface area contributed by atoms with E-state index in [-0.39, 0.29) is 11.9 Å². The summed E-state index contributed by atoms with van der Waals surface area (Å²) in [6, 6.07) is 5.49. The van der Waals surface area contributed by atoms with E-state index in [1.165, 1.54) is 24.8 Å². The molecule has 2 atom stereocenters. The van der Waals surface area contributed by atoms with Gasteiger partial charge in [-0.05, 0) is 67.3 Å². The average molecular weight is 277 g/mol. The molecule has 1 aliphatic carbocycles. The molecule has 0 aliphatic heterocycles. The van der Waals surface area contributed by atoms with Gasteiger partial charge in [0.1, 0.15) is 5.82 Å². The van der Waals surface area contributed by atoms with E-state index in [1.807, 2.05) is 6.07 Å². The molecule has 1 nitrogen and oxygen atoms in total. The van der Waals surface area contributed by atoms with E-state index in [4.69, 9.17) is 0 Å². The van der Waals surface area contributed by atoms with Gasteiger partial charge < -0.3 is 5.32 Å². The van der Waals surface area contributed by atoms with Crippen LogP contribution in [0, 0.1) is 24.1 Å². The van der Waals surface area contributed by atoms with Crippen LogP contribution in [0.4, 0.5) is 4.39 Å². The number of aryl methyl sites for hydroxylation is 1. The minimum atomic E-state index is -0.121.